The number of aromatic nitrogens is 1. The molecule has 0 saturated carbocycles. The van der Waals surface area contributed by atoms with E-state index >= 15 is 0 Å². The van der Waals surface area contributed by atoms with Crippen LogP contribution in [0.2, 0.25) is 0 Å². The number of hydrogen-bond donors (Lipinski definition) is 1. The van der Waals surface area contributed by atoms with Gasteiger partial charge in [-0.05, 0) is 75.2 Å². The predicted molar refractivity (Wildman–Crippen MR) is 129 cm³/mol. The van der Waals surface area contributed by atoms with E-state index in [0.29, 0.717) is 0 Å². The summed E-state index contributed by atoms with van der Waals surface area (Å²) in [6, 6.07) is 13.2. The molecule has 1 amide bonds. The summed E-state index contributed by atoms with van der Waals surface area (Å²) in [7, 11) is -3.80. The van der Waals surface area contributed by atoms with Crippen LogP contribution in [0.15, 0.2) is 53.6 Å². The van der Waals surface area contributed by atoms with Crippen molar-refractivity contribution in [1.82, 2.24) is 9.99 Å². The van der Waals surface area contributed by atoms with Crippen LogP contribution in [-0.4, -0.2) is 37.9 Å². The van der Waals surface area contributed by atoms with Gasteiger partial charge < -0.3 is 4.57 Å². The molecular formula is C24H27FN4O3S. The summed E-state index contributed by atoms with van der Waals surface area (Å²) in [6.45, 7) is 7.55. The molecule has 0 aliphatic carbocycles. The summed E-state index contributed by atoms with van der Waals surface area (Å²) in [5.74, 6) is -1.25. The largest absolute Gasteiger partial charge is 0.318 e. The molecule has 9 heteroatoms. The van der Waals surface area contributed by atoms with Gasteiger partial charge in [0.05, 0.1) is 18.2 Å². The van der Waals surface area contributed by atoms with E-state index in [-0.39, 0.29) is 5.69 Å². The van der Waals surface area contributed by atoms with Gasteiger partial charge >= 0.3 is 0 Å². The standard InChI is InChI=1S/C24H27FN4O3S/c1-16-9-10-23(11-17(16)2)29-18(3)12-20(19(29)4)14-26-27-24(30)15-28(33(5,31)32)22-8-6-7-21(25)13-22/h6-14H,15H2,1-5H3,(H,27,30)/b26-14-. The number of carbonyl (C=O) groups is 1. The highest BCUT2D eigenvalue weighted by Gasteiger charge is 2.21. The summed E-state index contributed by atoms with van der Waals surface area (Å²) >= 11 is 0. The van der Waals surface area contributed by atoms with E-state index in [9.17, 15) is 17.6 Å². The van der Waals surface area contributed by atoms with Crippen molar-refractivity contribution in [3.05, 3.63) is 82.4 Å². The number of amides is 1. The maximum atomic E-state index is 13.5. The summed E-state index contributed by atoms with van der Waals surface area (Å²) in [5.41, 5.74) is 8.64. The molecule has 0 aliphatic heterocycles. The molecule has 0 radical (unpaired) electrons. The van der Waals surface area contributed by atoms with Gasteiger partial charge in [-0.3, -0.25) is 9.10 Å². The van der Waals surface area contributed by atoms with E-state index in [1.54, 1.807) is 0 Å². The first kappa shape index (κ1) is 24.2. The van der Waals surface area contributed by atoms with Crippen LogP contribution in [0.25, 0.3) is 5.69 Å². The van der Waals surface area contributed by atoms with Gasteiger partial charge in [0.25, 0.3) is 5.91 Å². The van der Waals surface area contributed by atoms with Crippen LogP contribution in [0.3, 0.4) is 0 Å². The van der Waals surface area contributed by atoms with Gasteiger partial charge in [-0.15, -0.1) is 0 Å². The van der Waals surface area contributed by atoms with Crippen molar-refractivity contribution in [2.45, 2.75) is 27.7 Å². The minimum absolute atomic E-state index is 0.0635. The third kappa shape index (κ3) is 5.67. The zero-order valence-corrected chi connectivity index (χ0v) is 20.1. The normalized spacial score (nSPS) is 11.7. The number of benzene rings is 2. The number of hydrogen-bond acceptors (Lipinski definition) is 4. The van der Waals surface area contributed by atoms with Gasteiger partial charge in [0, 0.05) is 22.6 Å². The number of carbonyl (C=O) groups excluding carboxylic acids is 1. The van der Waals surface area contributed by atoms with Crippen molar-refractivity contribution in [3.8, 4) is 5.69 Å². The second-order valence-corrected chi connectivity index (χ2v) is 9.88. The van der Waals surface area contributed by atoms with Crippen LogP contribution >= 0.6 is 0 Å². The van der Waals surface area contributed by atoms with E-state index in [2.05, 4.69) is 47.1 Å². The number of aryl methyl sites for hydroxylation is 3. The van der Waals surface area contributed by atoms with Crippen molar-refractivity contribution in [3.63, 3.8) is 0 Å². The van der Waals surface area contributed by atoms with Crippen LogP contribution in [0.4, 0.5) is 10.1 Å². The Balaban J connectivity index is 1.75. The number of sulfonamides is 1. The quantitative estimate of drug-likeness (QED) is 0.422. The smallest absolute Gasteiger partial charge is 0.260 e. The maximum Gasteiger partial charge on any atom is 0.260 e. The molecule has 2 aromatic carbocycles. The Kier molecular flexibility index (Phi) is 7.02. The predicted octanol–water partition coefficient (Wildman–Crippen LogP) is 3.77. The van der Waals surface area contributed by atoms with Crippen LogP contribution in [-0.2, 0) is 14.8 Å². The van der Waals surface area contributed by atoms with Gasteiger partial charge in [0.2, 0.25) is 10.0 Å². The fourth-order valence-corrected chi connectivity index (χ4v) is 4.40. The second-order valence-electron chi connectivity index (χ2n) is 7.97. The molecule has 33 heavy (non-hydrogen) atoms. The molecule has 0 fully saturated rings. The Bertz CT molecular complexity index is 1330. The summed E-state index contributed by atoms with van der Waals surface area (Å²) in [4.78, 5) is 12.4. The molecule has 1 N–H and O–H groups in total. The highest BCUT2D eigenvalue weighted by atomic mass is 32.2. The SMILES string of the molecule is Cc1ccc(-n2c(C)cc(/C=N\NC(=O)CN(c3cccc(F)c3)S(C)(=O)=O)c2C)cc1C. The third-order valence-electron chi connectivity index (χ3n) is 5.40. The lowest BCUT2D eigenvalue weighted by atomic mass is 10.1. The molecule has 0 spiro atoms. The zero-order valence-electron chi connectivity index (χ0n) is 19.3. The average Bonchev–Trinajstić information content (AvgIpc) is 3.00. The van der Waals surface area contributed by atoms with Gasteiger partial charge in [0.1, 0.15) is 12.4 Å². The lowest BCUT2D eigenvalue weighted by molar-refractivity contribution is -0.119. The highest BCUT2D eigenvalue weighted by molar-refractivity contribution is 7.92. The van der Waals surface area contributed by atoms with E-state index in [1.807, 2.05) is 19.9 Å². The molecule has 1 heterocycles. The number of halogens is 1. The van der Waals surface area contributed by atoms with Gasteiger partial charge in [0.15, 0.2) is 0 Å². The molecule has 7 nitrogen and oxygen atoms in total. The molecule has 0 unspecified atom stereocenters. The van der Waals surface area contributed by atoms with Crippen molar-refractivity contribution >= 4 is 27.8 Å². The molecule has 0 aliphatic rings. The molecule has 3 aromatic rings. The Morgan fingerprint density at radius 2 is 1.82 bits per heavy atom. The Labute approximate surface area is 193 Å². The summed E-state index contributed by atoms with van der Waals surface area (Å²) in [6.07, 6.45) is 2.47. The first-order valence-electron chi connectivity index (χ1n) is 10.3. The fraction of sp³-hybridized carbons (Fsp3) is 0.250. The number of nitrogens with zero attached hydrogens (tertiary/aromatic N) is 3. The number of anilines is 1. The molecule has 3 rings (SSSR count). The van der Waals surface area contributed by atoms with Gasteiger partial charge in [-0.2, -0.15) is 5.10 Å². The number of rotatable bonds is 7. The maximum absolute atomic E-state index is 13.5. The van der Waals surface area contributed by atoms with E-state index in [0.717, 1.165) is 39.3 Å². The first-order valence-corrected chi connectivity index (χ1v) is 12.1. The number of nitrogens with one attached hydrogen (secondary N) is 1. The minimum atomic E-state index is -3.80. The second kappa shape index (κ2) is 9.58. The Hall–Kier alpha value is -3.46. The zero-order chi connectivity index (χ0) is 24.3. The lowest BCUT2D eigenvalue weighted by Crippen LogP contribution is -2.39. The third-order valence-corrected chi connectivity index (χ3v) is 6.54. The van der Waals surface area contributed by atoms with E-state index in [1.165, 1.54) is 35.5 Å². The first-order chi connectivity index (χ1) is 15.5. The lowest BCUT2D eigenvalue weighted by Gasteiger charge is -2.21. The molecule has 174 valence electrons. The van der Waals surface area contributed by atoms with Crippen LogP contribution < -0.4 is 9.73 Å². The summed E-state index contributed by atoms with van der Waals surface area (Å²) in [5, 5.41) is 4.00. The Morgan fingerprint density at radius 3 is 2.45 bits per heavy atom. The highest BCUT2D eigenvalue weighted by Crippen LogP contribution is 2.22. The number of hydrazone groups is 1. The molecule has 1 aromatic heterocycles. The van der Waals surface area contributed by atoms with Crippen molar-refractivity contribution in [1.29, 1.82) is 0 Å². The summed E-state index contributed by atoms with van der Waals surface area (Å²) < 4.78 is 40.7. The topological polar surface area (TPSA) is 83.8 Å². The van der Waals surface area contributed by atoms with Crippen molar-refractivity contribution in [2.24, 2.45) is 5.10 Å². The van der Waals surface area contributed by atoms with E-state index in [4.69, 9.17) is 0 Å². The van der Waals surface area contributed by atoms with Gasteiger partial charge in [-0.25, -0.2) is 18.2 Å². The minimum Gasteiger partial charge on any atom is -0.318 e. The van der Waals surface area contributed by atoms with Gasteiger partial charge in [-0.1, -0.05) is 12.1 Å². The van der Waals surface area contributed by atoms with Crippen molar-refractivity contribution < 1.29 is 17.6 Å². The Morgan fingerprint density at radius 1 is 1.09 bits per heavy atom. The average molecular weight is 471 g/mol. The molecule has 0 atom stereocenters. The van der Waals surface area contributed by atoms with E-state index < -0.39 is 28.3 Å². The molecular weight excluding hydrogens is 443 g/mol. The van der Waals surface area contributed by atoms with Crippen molar-refractivity contribution in [2.75, 3.05) is 17.1 Å². The van der Waals surface area contributed by atoms with Crippen LogP contribution in [0, 0.1) is 33.5 Å². The molecule has 0 bridgehead atoms. The van der Waals surface area contributed by atoms with Crippen LogP contribution in [0.1, 0.15) is 28.1 Å². The monoisotopic (exact) mass is 470 g/mol. The fourth-order valence-electron chi connectivity index (χ4n) is 3.55. The molecule has 0 saturated heterocycles. The van der Waals surface area contributed by atoms with Crippen LogP contribution in [0.5, 0.6) is 0 Å².